The number of aliphatic hydroxyl groups is 3. The highest BCUT2D eigenvalue weighted by Crippen LogP contribution is 2.75. The van der Waals surface area contributed by atoms with E-state index in [1.807, 2.05) is 26.8 Å². The monoisotopic (exact) mass is 486 g/mol. The van der Waals surface area contributed by atoms with E-state index in [1.165, 1.54) is 0 Å². The van der Waals surface area contributed by atoms with Gasteiger partial charge >= 0.3 is 5.97 Å². The highest BCUT2D eigenvalue weighted by atomic mass is 16.6. The number of fused-ring (bicyclic) bond motifs is 4. The molecular weight excluding hydrogens is 448 g/mol. The highest BCUT2D eigenvalue weighted by Gasteiger charge is 2.82. The van der Waals surface area contributed by atoms with Crippen LogP contribution in [0.25, 0.3) is 0 Å². The minimum absolute atomic E-state index is 0.0654. The number of carbonyl (C=O) groups is 2. The van der Waals surface area contributed by atoms with Gasteiger partial charge in [-0.3, -0.25) is 4.79 Å². The second-order valence-corrected chi connectivity index (χ2v) is 12.9. The second kappa shape index (κ2) is 6.66. The zero-order valence-electron chi connectivity index (χ0n) is 21.4. The average molecular weight is 487 g/mol. The van der Waals surface area contributed by atoms with Crippen LogP contribution in [0.2, 0.25) is 0 Å². The van der Waals surface area contributed by atoms with E-state index in [9.17, 15) is 24.9 Å². The van der Waals surface area contributed by atoms with Crippen LogP contribution in [0.3, 0.4) is 0 Å². The molecule has 6 aliphatic rings. The summed E-state index contributed by atoms with van der Waals surface area (Å²) in [5.74, 6) is -0.703. The third-order valence-corrected chi connectivity index (χ3v) is 12.0. The summed E-state index contributed by atoms with van der Waals surface area (Å²) in [5.41, 5.74) is -5.56. The van der Waals surface area contributed by atoms with Gasteiger partial charge in [0.25, 0.3) is 0 Å². The quantitative estimate of drug-likeness (QED) is 0.406. The normalized spacial score (nSPS) is 54.3. The van der Waals surface area contributed by atoms with E-state index >= 15 is 0 Å². The van der Waals surface area contributed by atoms with Crippen molar-refractivity contribution in [1.82, 2.24) is 0 Å². The van der Waals surface area contributed by atoms with Crippen molar-refractivity contribution in [3.05, 3.63) is 23.3 Å². The Kier molecular flexibility index (Phi) is 4.53. The Morgan fingerprint density at radius 1 is 1.09 bits per heavy atom. The van der Waals surface area contributed by atoms with Crippen molar-refractivity contribution in [3.63, 3.8) is 0 Å². The van der Waals surface area contributed by atoms with Crippen molar-refractivity contribution in [2.75, 3.05) is 0 Å². The van der Waals surface area contributed by atoms with Crippen LogP contribution in [-0.4, -0.2) is 61.7 Å². The molecular formula is C28H38O7. The van der Waals surface area contributed by atoms with Crippen molar-refractivity contribution in [2.45, 2.75) is 114 Å². The standard InChI is InChI=1S/C28H38O7/c1-15-13-20(34-22(30)16(15)2)25(5,31)28(33)12-11-26(32)18-14-21-27(35-21)9-6-7-19(29)24(27,4)17(18)8-10-23(26,28)3/h6-7,17-18,20-21,31-33H,8-14H2,1-5H3/t17-,18+,20+,21+,23-,24-,25+,26+,27-,28-/m0/s1. The van der Waals surface area contributed by atoms with Gasteiger partial charge in [0.1, 0.15) is 22.9 Å². The smallest absolute Gasteiger partial charge is 0.334 e. The van der Waals surface area contributed by atoms with Crippen LogP contribution in [0.15, 0.2) is 23.3 Å². The van der Waals surface area contributed by atoms with Gasteiger partial charge in [-0.2, -0.15) is 0 Å². The Hall–Kier alpha value is -1.54. The summed E-state index contributed by atoms with van der Waals surface area (Å²) in [5, 5.41) is 36.7. The molecule has 35 heavy (non-hydrogen) atoms. The summed E-state index contributed by atoms with van der Waals surface area (Å²) < 4.78 is 11.9. The molecule has 0 aromatic rings. The number of epoxide rings is 1. The largest absolute Gasteiger partial charge is 0.455 e. The van der Waals surface area contributed by atoms with E-state index in [2.05, 4.69) is 0 Å². The Morgan fingerprint density at radius 2 is 1.80 bits per heavy atom. The molecule has 0 amide bonds. The minimum atomic E-state index is -1.77. The summed E-state index contributed by atoms with van der Waals surface area (Å²) in [6.45, 7) is 9.00. The minimum Gasteiger partial charge on any atom is -0.455 e. The van der Waals surface area contributed by atoms with E-state index in [0.29, 0.717) is 37.7 Å². The van der Waals surface area contributed by atoms with Gasteiger partial charge in [0.05, 0.1) is 17.1 Å². The van der Waals surface area contributed by atoms with Gasteiger partial charge in [0, 0.05) is 17.4 Å². The van der Waals surface area contributed by atoms with Crippen LogP contribution in [0, 0.1) is 22.7 Å². The molecule has 0 aromatic heterocycles. The average Bonchev–Trinajstić information content (AvgIpc) is 3.46. The second-order valence-electron chi connectivity index (χ2n) is 12.9. The summed E-state index contributed by atoms with van der Waals surface area (Å²) in [6, 6.07) is 0. The van der Waals surface area contributed by atoms with Crippen LogP contribution in [0.4, 0.5) is 0 Å². The molecule has 3 saturated carbocycles. The first kappa shape index (κ1) is 23.8. The summed E-state index contributed by atoms with van der Waals surface area (Å²) >= 11 is 0. The molecule has 2 aliphatic heterocycles. The SMILES string of the molecule is CC1=C(C)C(=O)O[C@@H]([C@@](C)(O)[C@]2(O)CC[C@@]3(O)[C@@H]4C[C@H]5O[C@@]56CC=CC(=O)[C@]6(C)[C@H]4CC[C@]23C)C1. The van der Waals surface area contributed by atoms with Crippen molar-refractivity contribution in [1.29, 1.82) is 0 Å². The molecule has 4 aliphatic carbocycles. The fourth-order valence-corrected chi connectivity index (χ4v) is 9.34. The number of hydrogen-bond acceptors (Lipinski definition) is 7. The van der Waals surface area contributed by atoms with E-state index in [4.69, 9.17) is 9.47 Å². The van der Waals surface area contributed by atoms with Gasteiger partial charge < -0.3 is 24.8 Å². The highest BCUT2D eigenvalue weighted by molar-refractivity contribution is 5.97. The molecule has 2 heterocycles. The van der Waals surface area contributed by atoms with Gasteiger partial charge in [0.15, 0.2) is 5.78 Å². The molecule has 10 atom stereocenters. The number of hydrogen-bond donors (Lipinski definition) is 3. The fraction of sp³-hybridized carbons (Fsp3) is 0.786. The maximum absolute atomic E-state index is 13.3. The van der Waals surface area contributed by atoms with Gasteiger partial charge in [0.2, 0.25) is 0 Å². The predicted octanol–water partition coefficient (Wildman–Crippen LogP) is 2.75. The first-order valence-corrected chi connectivity index (χ1v) is 13.1. The lowest BCUT2D eigenvalue weighted by Gasteiger charge is -2.63. The maximum Gasteiger partial charge on any atom is 0.334 e. The van der Waals surface area contributed by atoms with Crippen LogP contribution in [0.5, 0.6) is 0 Å². The van der Waals surface area contributed by atoms with Crippen molar-refractivity contribution >= 4 is 11.8 Å². The first-order chi connectivity index (χ1) is 16.2. The fourth-order valence-electron chi connectivity index (χ4n) is 9.34. The summed E-state index contributed by atoms with van der Waals surface area (Å²) in [7, 11) is 0. The lowest BCUT2D eigenvalue weighted by molar-refractivity contribution is -0.282. The van der Waals surface area contributed by atoms with E-state index in [0.717, 1.165) is 12.0 Å². The van der Waals surface area contributed by atoms with Crippen LogP contribution < -0.4 is 0 Å². The molecule has 1 saturated heterocycles. The van der Waals surface area contributed by atoms with Crippen molar-refractivity contribution in [2.24, 2.45) is 22.7 Å². The van der Waals surface area contributed by atoms with Crippen LogP contribution in [-0.2, 0) is 19.1 Å². The number of ketones is 1. The van der Waals surface area contributed by atoms with Gasteiger partial charge in [-0.05, 0) is 84.1 Å². The lowest BCUT2D eigenvalue weighted by atomic mass is 9.42. The molecule has 1 spiro atoms. The topological polar surface area (TPSA) is 117 Å². The number of cyclic esters (lactones) is 1. The summed E-state index contributed by atoms with van der Waals surface area (Å²) in [6.07, 6.45) is 5.91. The zero-order valence-corrected chi connectivity index (χ0v) is 21.4. The predicted molar refractivity (Wildman–Crippen MR) is 126 cm³/mol. The Bertz CT molecular complexity index is 1090. The molecule has 0 bridgehead atoms. The Balaban J connectivity index is 1.39. The molecule has 0 unspecified atom stereocenters. The van der Waals surface area contributed by atoms with Crippen molar-refractivity contribution < 1.29 is 34.4 Å². The molecule has 7 nitrogen and oxygen atoms in total. The Morgan fingerprint density at radius 3 is 2.49 bits per heavy atom. The van der Waals surface area contributed by atoms with Crippen LogP contribution >= 0.6 is 0 Å². The number of carbonyl (C=O) groups excluding carboxylic acids is 2. The summed E-state index contributed by atoms with van der Waals surface area (Å²) in [4.78, 5) is 25.8. The number of rotatable bonds is 2. The molecule has 6 rings (SSSR count). The van der Waals surface area contributed by atoms with E-state index in [-0.39, 0.29) is 30.1 Å². The number of ether oxygens (including phenoxy) is 2. The molecule has 0 aromatic carbocycles. The van der Waals surface area contributed by atoms with Gasteiger partial charge in [-0.25, -0.2) is 4.79 Å². The number of allylic oxidation sites excluding steroid dienone is 1. The molecule has 3 N–H and O–H groups in total. The van der Waals surface area contributed by atoms with Crippen molar-refractivity contribution in [3.8, 4) is 0 Å². The lowest BCUT2D eigenvalue weighted by Crippen LogP contribution is -2.73. The zero-order chi connectivity index (χ0) is 25.4. The first-order valence-electron chi connectivity index (χ1n) is 13.1. The van der Waals surface area contributed by atoms with Gasteiger partial charge in [-0.1, -0.05) is 18.6 Å². The maximum atomic E-state index is 13.3. The van der Waals surface area contributed by atoms with Crippen LogP contribution in [0.1, 0.15) is 79.6 Å². The van der Waals surface area contributed by atoms with E-state index in [1.54, 1.807) is 19.9 Å². The molecule has 7 heteroatoms. The molecule has 0 radical (unpaired) electrons. The van der Waals surface area contributed by atoms with Gasteiger partial charge in [-0.15, -0.1) is 0 Å². The molecule has 192 valence electrons. The third kappa shape index (κ3) is 2.42. The third-order valence-electron chi connectivity index (χ3n) is 12.0. The number of esters is 1. The van der Waals surface area contributed by atoms with E-state index < -0.39 is 45.3 Å². The molecule has 4 fully saturated rings. The Labute approximate surface area is 206 Å².